The Kier molecular flexibility index (Phi) is 13.1. The molecule has 0 saturated carbocycles. The van der Waals surface area contributed by atoms with E-state index in [2.05, 4.69) is 9.97 Å². The first kappa shape index (κ1) is 50.0. The number of hydrogen-bond donors (Lipinski definition) is 0. The van der Waals surface area contributed by atoms with Crippen LogP contribution < -0.4 is 26.8 Å². The Morgan fingerprint density at radius 3 is 0.524 bits per heavy atom. The average molecular weight is 944 g/mol. The molecule has 0 saturated heterocycles. The summed E-state index contributed by atoms with van der Waals surface area (Å²) in [6, 6.07) is -8.81. The van der Waals surface area contributed by atoms with Gasteiger partial charge in [0.05, 0.1) is 56.9 Å². The number of aromatic amines is 1. The Hall–Kier alpha value is -5.66. The highest BCUT2D eigenvalue weighted by atomic mass is 19.4. The van der Waals surface area contributed by atoms with Crippen LogP contribution >= 0.6 is 0 Å². The topological polar surface area (TPSA) is 27.0 Å². The number of nitrogens with zero attached hydrogens (tertiary/aromatic N) is 1. The SMILES string of the molecule is FC(F)(F)c1cc([B-](c2cc(C(F)(F)F)cc(C(F)(F)F)c2)(c2cc(C(F)(F)F)cc(C(F)(F)F)c2)c2cc(C(F)(F)F)cc(C(F)(F)F)c2)cc(C(F)(F)F)c1.c1c[nH+]ccn1. The molecule has 0 spiro atoms. The van der Waals surface area contributed by atoms with E-state index in [-0.39, 0.29) is 0 Å². The first-order valence-corrected chi connectivity index (χ1v) is 16.4. The molecule has 2 nitrogen and oxygen atoms in total. The van der Waals surface area contributed by atoms with Gasteiger partial charge in [0.2, 0.25) is 0 Å². The van der Waals surface area contributed by atoms with Crippen molar-refractivity contribution in [3.63, 3.8) is 0 Å². The second-order valence-electron chi connectivity index (χ2n) is 13.2. The van der Waals surface area contributed by atoms with E-state index >= 15 is 0 Å². The van der Waals surface area contributed by atoms with Crippen molar-refractivity contribution in [2.45, 2.75) is 49.4 Å². The van der Waals surface area contributed by atoms with Crippen molar-refractivity contribution in [2.75, 3.05) is 0 Å². The van der Waals surface area contributed by atoms with Crippen molar-refractivity contribution in [3.05, 3.63) is 142 Å². The number of halogens is 24. The van der Waals surface area contributed by atoms with Crippen LogP contribution in [-0.2, 0) is 49.4 Å². The van der Waals surface area contributed by atoms with Crippen LogP contribution in [0.15, 0.2) is 97.6 Å². The molecule has 0 bridgehead atoms. The van der Waals surface area contributed by atoms with Gasteiger partial charge in [-0.25, -0.2) is 4.98 Å². The lowest BCUT2D eigenvalue weighted by molar-refractivity contribution is -0.378. The highest BCUT2D eigenvalue weighted by Gasteiger charge is 2.47. The molecule has 0 aliphatic rings. The molecule has 0 aliphatic heterocycles. The lowest BCUT2D eigenvalue weighted by Crippen LogP contribution is -2.75. The second-order valence-corrected chi connectivity index (χ2v) is 13.2. The van der Waals surface area contributed by atoms with E-state index in [9.17, 15) is 105 Å². The molecule has 0 atom stereocenters. The number of alkyl halides is 24. The van der Waals surface area contributed by atoms with E-state index < -0.39 is 195 Å². The molecule has 1 N–H and O–H groups in total. The molecule has 5 rings (SSSR count). The maximum Gasteiger partial charge on any atom is 0.416 e. The molecule has 4 aromatic carbocycles. The third kappa shape index (κ3) is 11.5. The molecule has 27 heteroatoms. The van der Waals surface area contributed by atoms with E-state index in [1.54, 1.807) is 24.8 Å². The molecule has 5 aromatic rings. The van der Waals surface area contributed by atoms with Crippen LogP contribution in [0, 0.1) is 0 Å². The Labute approximate surface area is 335 Å². The summed E-state index contributed by atoms with van der Waals surface area (Å²) in [7, 11) is 0. The van der Waals surface area contributed by atoms with Crippen LogP contribution in [0.5, 0.6) is 0 Å². The third-order valence-electron chi connectivity index (χ3n) is 8.95. The summed E-state index contributed by atoms with van der Waals surface area (Å²) in [5.74, 6) is 0. The Bertz CT molecular complexity index is 1940. The predicted molar refractivity (Wildman–Crippen MR) is 171 cm³/mol. The summed E-state index contributed by atoms with van der Waals surface area (Å²) >= 11 is 0. The molecule has 0 amide bonds. The van der Waals surface area contributed by atoms with E-state index in [0.29, 0.717) is 0 Å². The van der Waals surface area contributed by atoms with Crippen molar-refractivity contribution < 1.29 is 110 Å². The fraction of sp³-hybridized carbons (Fsp3) is 0.222. The lowest BCUT2D eigenvalue weighted by atomic mass is 9.12. The van der Waals surface area contributed by atoms with Gasteiger partial charge in [-0.3, -0.25) is 4.98 Å². The highest BCUT2D eigenvalue weighted by Crippen LogP contribution is 2.41. The van der Waals surface area contributed by atoms with Crippen molar-refractivity contribution in [1.29, 1.82) is 0 Å². The zero-order valence-electron chi connectivity index (χ0n) is 29.8. The predicted octanol–water partition coefficient (Wildman–Crippen LogP) is 11.1. The van der Waals surface area contributed by atoms with Crippen LogP contribution in [0.1, 0.15) is 44.5 Å². The lowest BCUT2D eigenvalue weighted by Gasteiger charge is -2.46. The minimum atomic E-state index is -6.13. The molecular formula is C36H17BF24N2. The first-order chi connectivity index (χ1) is 28.3. The first-order valence-electron chi connectivity index (χ1n) is 16.4. The largest absolute Gasteiger partial charge is 0.416 e. The number of aromatic nitrogens is 2. The fourth-order valence-corrected chi connectivity index (χ4v) is 6.35. The number of benzene rings is 4. The molecule has 63 heavy (non-hydrogen) atoms. The zero-order valence-corrected chi connectivity index (χ0v) is 29.8. The minimum absolute atomic E-state index is 0.691. The zero-order chi connectivity index (χ0) is 48.2. The monoisotopic (exact) mass is 944 g/mol. The van der Waals surface area contributed by atoms with Crippen LogP contribution in [0.3, 0.4) is 0 Å². The van der Waals surface area contributed by atoms with E-state index in [0.717, 1.165) is 0 Å². The molecular weight excluding hydrogens is 927 g/mol. The molecule has 1 heterocycles. The standard InChI is InChI=1S/C32H12BF24.C4H4N2/c34-25(35,36)13-1-14(26(37,38)39)6-21(5-13)33(22-7-15(27(40,41)42)2-16(8-22)28(43,44)45,23-9-17(29(46,47)48)3-18(10-23)30(49,50)51)24-11-19(31(52,53)54)4-20(12-24)32(55,56)57;1-2-6-4-3-5-1/h1-12H;1-4H/q-1;/p+1. The number of rotatable bonds is 4. The van der Waals surface area contributed by atoms with Crippen LogP contribution in [0.4, 0.5) is 105 Å². The molecule has 1 aromatic heterocycles. The average Bonchev–Trinajstić information content (AvgIpc) is 3.13. The van der Waals surface area contributed by atoms with Crippen LogP contribution in [0.25, 0.3) is 0 Å². The van der Waals surface area contributed by atoms with Gasteiger partial charge in [0.15, 0.2) is 12.4 Å². The summed E-state index contributed by atoms with van der Waals surface area (Å²) in [4.78, 5) is 6.58. The van der Waals surface area contributed by atoms with E-state index in [4.69, 9.17) is 0 Å². The number of H-pyrrole nitrogens is 1. The van der Waals surface area contributed by atoms with Gasteiger partial charge in [-0.15, -0.1) is 0 Å². The molecule has 0 fully saturated rings. The van der Waals surface area contributed by atoms with Gasteiger partial charge in [-0.1, -0.05) is 48.5 Å². The van der Waals surface area contributed by atoms with Crippen molar-refractivity contribution in [1.82, 2.24) is 4.98 Å². The second kappa shape index (κ2) is 16.5. The smallest absolute Gasteiger partial charge is 0.252 e. The van der Waals surface area contributed by atoms with Gasteiger partial charge < -0.3 is 0 Å². The number of hydrogen-bond acceptors (Lipinski definition) is 1. The van der Waals surface area contributed by atoms with Crippen molar-refractivity contribution in [3.8, 4) is 0 Å². The highest BCUT2D eigenvalue weighted by molar-refractivity contribution is 7.20. The summed E-state index contributed by atoms with van der Waals surface area (Å²) in [5, 5.41) is 0. The molecule has 0 radical (unpaired) electrons. The quantitative estimate of drug-likeness (QED) is 0.130. The summed E-state index contributed by atoms with van der Waals surface area (Å²) in [6.07, 6.45) is -47.9. The molecule has 0 unspecified atom stereocenters. The van der Waals surface area contributed by atoms with Crippen molar-refractivity contribution >= 4 is 28.0 Å². The van der Waals surface area contributed by atoms with E-state index in [1.807, 2.05) is 0 Å². The summed E-state index contributed by atoms with van der Waals surface area (Å²) < 4.78 is 341. The number of nitrogens with one attached hydrogen (secondary N) is 1. The Morgan fingerprint density at radius 2 is 0.429 bits per heavy atom. The van der Waals surface area contributed by atoms with Gasteiger partial charge in [0, 0.05) is 0 Å². The van der Waals surface area contributed by atoms with Crippen LogP contribution in [-0.4, -0.2) is 11.1 Å². The maximum absolute atomic E-state index is 14.2. The summed E-state index contributed by atoms with van der Waals surface area (Å²) in [6.45, 7) is 0. The van der Waals surface area contributed by atoms with Gasteiger partial charge in [0.1, 0.15) is 6.15 Å². The van der Waals surface area contributed by atoms with Crippen molar-refractivity contribution in [2.24, 2.45) is 0 Å². The third-order valence-corrected chi connectivity index (χ3v) is 8.95. The Morgan fingerprint density at radius 1 is 0.270 bits per heavy atom. The molecule has 342 valence electrons. The van der Waals surface area contributed by atoms with Gasteiger partial charge >= 0.3 is 49.4 Å². The van der Waals surface area contributed by atoms with Gasteiger partial charge in [0.25, 0.3) is 0 Å². The van der Waals surface area contributed by atoms with Gasteiger partial charge in [-0.2, -0.15) is 127 Å². The molecule has 0 aliphatic carbocycles. The van der Waals surface area contributed by atoms with Crippen LogP contribution in [0.2, 0.25) is 0 Å². The Balaban J connectivity index is 0.00000133. The maximum atomic E-state index is 14.2. The van der Waals surface area contributed by atoms with Gasteiger partial charge in [-0.05, 0) is 24.3 Å². The summed E-state index contributed by atoms with van der Waals surface area (Å²) in [5.41, 5.74) is -30.2. The minimum Gasteiger partial charge on any atom is -0.252 e. The fourth-order valence-electron chi connectivity index (χ4n) is 6.35. The van der Waals surface area contributed by atoms with E-state index in [1.165, 1.54) is 0 Å². The normalized spacial score (nSPS) is 13.7.